The number of fused-ring (bicyclic) bond motifs is 2. The average Bonchev–Trinajstić information content (AvgIpc) is 2.85. The van der Waals surface area contributed by atoms with Gasteiger partial charge in [0.25, 0.3) is 0 Å². The molecule has 0 aromatic heterocycles. The number of hydrogen-bond acceptors (Lipinski definition) is 4. The van der Waals surface area contributed by atoms with Gasteiger partial charge in [0.05, 0.1) is 11.6 Å². The molecule has 2 aliphatic heterocycles. The Kier molecular flexibility index (Phi) is 5.80. The zero-order valence-corrected chi connectivity index (χ0v) is 19.2. The van der Waals surface area contributed by atoms with E-state index < -0.39 is 0 Å². The van der Waals surface area contributed by atoms with Crippen LogP contribution in [-0.4, -0.2) is 47.3 Å². The summed E-state index contributed by atoms with van der Waals surface area (Å²) >= 11 is 0. The van der Waals surface area contributed by atoms with Gasteiger partial charge < -0.3 is 14.7 Å². The Morgan fingerprint density at radius 3 is 2.61 bits per heavy atom. The van der Waals surface area contributed by atoms with Crippen LogP contribution in [0.15, 0.2) is 42.5 Å². The maximum atomic E-state index is 13.3. The number of piperazine rings is 1. The second kappa shape index (κ2) is 8.90. The topological polar surface area (TPSA) is 67.7 Å². The molecule has 1 aliphatic carbocycles. The van der Waals surface area contributed by atoms with Crippen LogP contribution in [0.5, 0.6) is 0 Å². The molecule has 2 aromatic carbocycles. The van der Waals surface area contributed by atoms with E-state index in [2.05, 4.69) is 29.2 Å². The van der Waals surface area contributed by atoms with Crippen LogP contribution >= 0.6 is 0 Å². The van der Waals surface area contributed by atoms with Crippen LogP contribution in [-0.2, 0) is 29.1 Å². The maximum absolute atomic E-state index is 13.3. The van der Waals surface area contributed by atoms with Crippen molar-refractivity contribution in [3.63, 3.8) is 0 Å². The summed E-state index contributed by atoms with van der Waals surface area (Å²) in [6.07, 6.45) is 6.17. The van der Waals surface area contributed by atoms with E-state index in [9.17, 15) is 9.59 Å². The molecule has 6 nitrogen and oxygen atoms in total. The Morgan fingerprint density at radius 1 is 1.00 bits per heavy atom. The number of anilines is 1. The highest BCUT2D eigenvalue weighted by molar-refractivity contribution is 5.95. The van der Waals surface area contributed by atoms with Crippen molar-refractivity contribution in [1.29, 1.82) is 5.26 Å². The summed E-state index contributed by atoms with van der Waals surface area (Å²) in [6, 6.07) is 16.1. The summed E-state index contributed by atoms with van der Waals surface area (Å²) in [5.74, 6) is 0.202. The van der Waals surface area contributed by atoms with E-state index in [1.165, 1.54) is 6.42 Å². The summed E-state index contributed by atoms with van der Waals surface area (Å²) in [6.45, 7) is 1.41. The fourth-order valence-electron chi connectivity index (χ4n) is 5.60. The van der Waals surface area contributed by atoms with Crippen LogP contribution < -0.4 is 4.90 Å². The third kappa shape index (κ3) is 4.20. The van der Waals surface area contributed by atoms with Crippen LogP contribution in [0.3, 0.4) is 0 Å². The van der Waals surface area contributed by atoms with Gasteiger partial charge in [0, 0.05) is 38.3 Å². The van der Waals surface area contributed by atoms with Gasteiger partial charge in [-0.2, -0.15) is 5.26 Å². The molecule has 1 saturated heterocycles. The number of nitriles is 1. The lowest BCUT2D eigenvalue weighted by Gasteiger charge is -2.46. The molecule has 33 heavy (non-hydrogen) atoms. The smallest absolute Gasteiger partial charge is 0.246 e. The highest BCUT2D eigenvalue weighted by Gasteiger charge is 2.44. The van der Waals surface area contributed by atoms with Gasteiger partial charge in [-0.3, -0.25) is 9.59 Å². The molecular formula is C27H30N4O2. The summed E-state index contributed by atoms with van der Waals surface area (Å²) in [4.78, 5) is 32.2. The summed E-state index contributed by atoms with van der Waals surface area (Å²) in [5.41, 5.74) is 5.08. The standard InChI is InChI=1S/C27H30N4O2/c1-29(16-20-7-5-6-19(12-20)15-28)24-11-10-21-14-25-27(33)30(23-8-3-2-4-9-23)18-26(32)31(25)17-22(21)13-24/h5-7,10-13,23,25H,2-4,8-9,14,16-18H2,1H3/t25-/m1/s1. The minimum Gasteiger partial charge on any atom is -0.370 e. The Labute approximate surface area is 195 Å². The first-order chi connectivity index (χ1) is 16.0. The number of amides is 2. The van der Waals surface area contributed by atoms with Crippen molar-refractivity contribution in [2.75, 3.05) is 18.5 Å². The molecule has 0 N–H and O–H groups in total. The van der Waals surface area contributed by atoms with Gasteiger partial charge in [-0.05, 0) is 53.8 Å². The fourth-order valence-corrected chi connectivity index (χ4v) is 5.60. The normalized spacial score (nSPS) is 20.8. The molecule has 170 valence electrons. The van der Waals surface area contributed by atoms with Crippen molar-refractivity contribution in [3.05, 3.63) is 64.7 Å². The van der Waals surface area contributed by atoms with Crippen molar-refractivity contribution in [2.24, 2.45) is 0 Å². The van der Waals surface area contributed by atoms with Crippen LogP contribution in [0.25, 0.3) is 0 Å². The molecular weight excluding hydrogens is 412 g/mol. The van der Waals surface area contributed by atoms with E-state index in [0.29, 0.717) is 25.1 Å². The van der Waals surface area contributed by atoms with Gasteiger partial charge >= 0.3 is 0 Å². The van der Waals surface area contributed by atoms with Crippen LogP contribution in [0.4, 0.5) is 5.69 Å². The van der Waals surface area contributed by atoms with Gasteiger partial charge in [-0.1, -0.05) is 37.5 Å². The van der Waals surface area contributed by atoms with Crippen LogP contribution in [0.1, 0.15) is 54.4 Å². The third-order valence-electron chi connectivity index (χ3n) is 7.45. The van der Waals surface area contributed by atoms with Crippen molar-refractivity contribution in [3.8, 4) is 6.07 Å². The van der Waals surface area contributed by atoms with Gasteiger partial charge in [0.15, 0.2) is 0 Å². The lowest BCUT2D eigenvalue weighted by molar-refractivity contribution is -0.160. The average molecular weight is 443 g/mol. The zero-order valence-electron chi connectivity index (χ0n) is 19.2. The number of hydrogen-bond donors (Lipinski definition) is 0. The van der Waals surface area contributed by atoms with E-state index in [1.54, 1.807) is 4.90 Å². The molecule has 0 spiro atoms. The highest BCUT2D eigenvalue weighted by Crippen LogP contribution is 2.33. The largest absolute Gasteiger partial charge is 0.370 e. The highest BCUT2D eigenvalue weighted by atomic mass is 16.2. The summed E-state index contributed by atoms with van der Waals surface area (Å²) in [5, 5.41) is 9.15. The van der Waals surface area contributed by atoms with Gasteiger partial charge in [-0.15, -0.1) is 0 Å². The van der Waals surface area contributed by atoms with E-state index in [-0.39, 0.29) is 30.4 Å². The second-order valence-electron chi connectivity index (χ2n) is 9.62. The number of nitrogens with zero attached hydrogens (tertiary/aromatic N) is 4. The summed E-state index contributed by atoms with van der Waals surface area (Å²) in [7, 11) is 2.03. The van der Waals surface area contributed by atoms with Gasteiger partial charge in [0.1, 0.15) is 12.6 Å². The molecule has 1 atom stereocenters. The Bertz CT molecular complexity index is 1120. The molecule has 6 heteroatoms. The first-order valence-electron chi connectivity index (χ1n) is 12.0. The number of benzene rings is 2. The SMILES string of the molecule is CN(Cc1cccc(C#N)c1)c1ccc2c(c1)CN1C(=O)CN(C3CCCCC3)C(=O)[C@H]1C2. The van der Waals surface area contributed by atoms with Gasteiger partial charge in [0.2, 0.25) is 11.8 Å². The molecule has 0 unspecified atom stereocenters. The molecule has 2 heterocycles. The number of carbonyl (C=O) groups is 2. The lowest BCUT2D eigenvalue weighted by Crippen LogP contribution is -2.63. The Morgan fingerprint density at radius 2 is 1.82 bits per heavy atom. The van der Waals surface area contributed by atoms with Crippen molar-refractivity contribution in [1.82, 2.24) is 9.80 Å². The molecule has 1 saturated carbocycles. The van der Waals surface area contributed by atoms with E-state index in [1.807, 2.05) is 36.2 Å². The molecule has 2 fully saturated rings. The first kappa shape index (κ1) is 21.5. The number of carbonyl (C=O) groups excluding carboxylic acids is 2. The third-order valence-corrected chi connectivity index (χ3v) is 7.45. The lowest BCUT2D eigenvalue weighted by atomic mass is 9.88. The Hall–Kier alpha value is -3.33. The van der Waals surface area contributed by atoms with Crippen LogP contribution in [0, 0.1) is 11.3 Å². The van der Waals surface area contributed by atoms with E-state index >= 15 is 0 Å². The summed E-state index contributed by atoms with van der Waals surface area (Å²) < 4.78 is 0. The molecule has 3 aliphatic rings. The van der Waals surface area contributed by atoms with Crippen molar-refractivity contribution >= 4 is 17.5 Å². The van der Waals surface area contributed by atoms with Crippen LogP contribution in [0.2, 0.25) is 0 Å². The predicted molar refractivity (Wildman–Crippen MR) is 126 cm³/mol. The number of rotatable bonds is 4. The predicted octanol–water partition coefficient (Wildman–Crippen LogP) is 3.62. The molecule has 5 rings (SSSR count). The fraction of sp³-hybridized carbons (Fsp3) is 0.444. The molecule has 2 amide bonds. The molecule has 0 radical (unpaired) electrons. The maximum Gasteiger partial charge on any atom is 0.246 e. The second-order valence-corrected chi connectivity index (χ2v) is 9.62. The minimum atomic E-state index is -0.363. The Balaban J connectivity index is 1.33. The quantitative estimate of drug-likeness (QED) is 0.725. The first-order valence-corrected chi connectivity index (χ1v) is 12.0. The molecule has 0 bridgehead atoms. The van der Waals surface area contributed by atoms with Crippen molar-refractivity contribution < 1.29 is 9.59 Å². The van der Waals surface area contributed by atoms with E-state index in [0.717, 1.165) is 48.1 Å². The van der Waals surface area contributed by atoms with Gasteiger partial charge in [-0.25, -0.2) is 0 Å². The monoisotopic (exact) mass is 442 g/mol. The van der Waals surface area contributed by atoms with E-state index in [4.69, 9.17) is 5.26 Å². The minimum absolute atomic E-state index is 0.0721. The van der Waals surface area contributed by atoms with Crippen molar-refractivity contribution in [2.45, 2.75) is 63.7 Å². The molecule has 2 aromatic rings. The zero-order chi connectivity index (χ0) is 22.9.